The third-order valence-corrected chi connectivity index (χ3v) is 8.09. The number of nitriles is 2. The van der Waals surface area contributed by atoms with Crippen molar-refractivity contribution in [1.29, 1.82) is 10.5 Å². The van der Waals surface area contributed by atoms with E-state index in [2.05, 4.69) is 5.32 Å². The molecule has 1 aliphatic carbocycles. The maximum atomic E-state index is 14.1. The largest absolute Gasteiger partial charge is 0.391 e. The van der Waals surface area contributed by atoms with Crippen LogP contribution in [-0.2, 0) is 16.5 Å². The van der Waals surface area contributed by atoms with E-state index in [0.29, 0.717) is 19.3 Å². The molecule has 4 amide bonds. The second kappa shape index (κ2) is 10.8. The first-order chi connectivity index (χ1) is 18.5. The van der Waals surface area contributed by atoms with Gasteiger partial charge in [0.2, 0.25) is 0 Å². The number of hydrogen-bond acceptors (Lipinski definition) is 7. The molecule has 1 saturated carbocycles. The Hall–Kier alpha value is -4.26. The van der Waals surface area contributed by atoms with Crippen LogP contribution < -0.4 is 10.2 Å². The van der Waals surface area contributed by atoms with Crippen LogP contribution in [0.25, 0.3) is 0 Å². The summed E-state index contributed by atoms with van der Waals surface area (Å²) in [4.78, 5) is 29.3. The highest BCUT2D eigenvalue weighted by Crippen LogP contribution is 2.41. The number of allylic oxidation sites excluding steroid dienone is 1. The van der Waals surface area contributed by atoms with Crippen LogP contribution in [-0.4, -0.2) is 48.9 Å². The molecule has 0 bridgehead atoms. The number of aliphatic hydroxyl groups excluding tert-OH is 1. The zero-order chi connectivity index (χ0) is 28.5. The molecular weight excluding hydrogens is 525 g/mol. The molecule has 1 fully saturated rings. The number of halogens is 1. The average Bonchev–Trinajstić information content (AvgIpc) is 3.31. The third-order valence-electron chi connectivity index (χ3n) is 6.94. The Morgan fingerprint density at radius 2 is 1.92 bits per heavy atom. The van der Waals surface area contributed by atoms with Gasteiger partial charge in [0.25, 0.3) is 0 Å². The van der Waals surface area contributed by atoms with E-state index < -0.39 is 46.8 Å². The molecule has 202 valence electrons. The van der Waals surface area contributed by atoms with Gasteiger partial charge in [0.1, 0.15) is 12.7 Å². The van der Waals surface area contributed by atoms with Gasteiger partial charge >= 0.3 is 12.1 Å². The Bertz CT molecular complexity index is 1560. The highest BCUT2D eigenvalue weighted by atomic mass is 32.2. The molecule has 2 aliphatic rings. The van der Waals surface area contributed by atoms with Gasteiger partial charge in [-0.15, -0.1) is 0 Å². The predicted octanol–water partition coefficient (Wildman–Crippen LogP) is 3.84. The summed E-state index contributed by atoms with van der Waals surface area (Å²) in [5, 5.41) is 32.6. The summed E-state index contributed by atoms with van der Waals surface area (Å²) >= 11 is 0. The van der Waals surface area contributed by atoms with Crippen LogP contribution in [0.15, 0.2) is 58.6 Å². The summed E-state index contributed by atoms with van der Waals surface area (Å²) in [6, 6.07) is 9.72. The standard InChI is InChI=1S/C27H26FN5O5S/c1-16-21(15-30)25(20-10-9-18(14-29)12-24(20)39(2,37)38)33(26(35)31-22-7-4-8-23(22)34)27(36)32(16)19-6-3-5-17(11-19)13-28/h3,5-6,9-12,22-23,25,34H,4,7-8,13H2,1-2H3,(H,31,35)/t22?,23?,25-/m1/s1. The lowest BCUT2D eigenvalue weighted by atomic mass is 9.93. The number of imide groups is 1. The molecule has 3 atom stereocenters. The molecule has 0 spiro atoms. The first kappa shape index (κ1) is 27.8. The van der Waals surface area contributed by atoms with Crippen LogP contribution in [0.5, 0.6) is 0 Å². The van der Waals surface area contributed by atoms with E-state index in [0.717, 1.165) is 22.1 Å². The van der Waals surface area contributed by atoms with Crippen molar-refractivity contribution < 1.29 is 27.5 Å². The van der Waals surface area contributed by atoms with Crippen LogP contribution in [0, 0.1) is 22.7 Å². The van der Waals surface area contributed by atoms with Gasteiger partial charge < -0.3 is 10.4 Å². The maximum absolute atomic E-state index is 14.1. The number of alkyl halides is 1. The summed E-state index contributed by atoms with van der Waals surface area (Å²) in [5.74, 6) is 0. The topological polar surface area (TPSA) is 155 Å². The Morgan fingerprint density at radius 3 is 2.51 bits per heavy atom. The Balaban J connectivity index is 1.96. The number of nitrogens with zero attached hydrogens (tertiary/aromatic N) is 4. The van der Waals surface area contributed by atoms with Crippen molar-refractivity contribution in [2.75, 3.05) is 11.2 Å². The highest BCUT2D eigenvalue weighted by molar-refractivity contribution is 7.90. The minimum atomic E-state index is -3.99. The molecule has 2 aromatic rings. The fraction of sp³-hybridized carbons (Fsp3) is 0.333. The average molecular weight is 552 g/mol. The molecule has 0 saturated heterocycles. The number of nitrogens with one attached hydrogen (secondary N) is 1. The summed E-state index contributed by atoms with van der Waals surface area (Å²) in [5.41, 5.74) is 0.496. The smallest absolute Gasteiger partial charge is 0.337 e. The Labute approximate surface area is 225 Å². The molecule has 12 heteroatoms. The molecule has 1 aliphatic heterocycles. The van der Waals surface area contributed by atoms with Crippen molar-refractivity contribution in [2.45, 2.75) is 55.9 Å². The van der Waals surface area contributed by atoms with Gasteiger partial charge in [-0.1, -0.05) is 18.2 Å². The number of sulfone groups is 1. The Morgan fingerprint density at radius 1 is 1.18 bits per heavy atom. The van der Waals surface area contributed by atoms with E-state index in [9.17, 15) is 38.0 Å². The van der Waals surface area contributed by atoms with E-state index in [1.807, 2.05) is 12.1 Å². The van der Waals surface area contributed by atoms with E-state index >= 15 is 0 Å². The third kappa shape index (κ3) is 5.21. The van der Waals surface area contributed by atoms with Gasteiger partial charge in [0.15, 0.2) is 9.84 Å². The fourth-order valence-corrected chi connectivity index (χ4v) is 5.97. The zero-order valence-electron chi connectivity index (χ0n) is 21.3. The lowest BCUT2D eigenvalue weighted by Crippen LogP contribution is -2.57. The number of carbonyl (C=O) groups excluding carboxylic acids is 2. The number of rotatable bonds is 5. The Kier molecular flexibility index (Phi) is 7.72. The summed E-state index contributed by atoms with van der Waals surface area (Å²) in [7, 11) is -3.99. The molecule has 1 heterocycles. The summed E-state index contributed by atoms with van der Waals surface area (Å²) in [6.45, 7) is 0.671. The van der Waals surface area contributed by atoms with Gasteiger partial charge in [-0.25, -0.2) is 27.3 Å². The van der Waals surface area contributed by atoms with E-state index in [1.54, 1.807) is 0 Å². The van der Waals surface area contributed by atoms with Crippen LogP contribution in [0.4, 0.5) is 19.7 Å². The molecule has 4 rings (SSSR count). The highest BCUT2D eigenvalue weighted by Gasteiger charge is 2.46. The van der Waals surface area contributed by atoms with E-state index in [-0.39, 0.29) is 38.5 Å². The number of aliphatic hydroxyl groups is 1. The van der Waals surface area contributed by atoms with Crippen LogP contribution in [0.1, 0.15) is 48.9 Å². The van der Waals surface area contributed by atoms with Crippen molar-refractivity contribution in [3.8, 4) is 12.1 Å². The van der Waals surface area contributed by atoms with Crippen LogP contribution in [0.3, 0.4) is 0 Å². The zero-order valence-corrected chi connectivity index (χ0v) is 22.1. The van der Waals surface area contributed by atoms with Crippen molar-refractivity contribution in [3.63, 3.8) is 0 Å². The molecule has 0 radical (unpaired) electrons. The number of urea groups is 2. The summed E-state index contributed by atoms with van der Waals surface area (Å²) in [6.07, 6.45) is 1.67. The van der Waals surface area contributed by atoms with Crippen molar-refractivity contribution in [3.05, 3.63) is 70.4 Å². The lowest BCUT2D eigenvalue weighted by Gasteiger charge is -2.41. The predicted molar refractivity (Wildman–Crippen MR) is 138 cm³/mol. The SMILES string of the molecule is CC1=C(C#N)[C@@H](c2ccc(C#N)cc2S(C)(=O)=O)N(C(=O)NC2CCCC2O)C(=O)N1c1cccc(CF)c1. The second-order valence-electron chi connectivity index (χ2n) is 9.50. The van der Waals surface area contributed by atoms with Crippen molar-refractivity contribution in [1.82, 2.24) is 10.2 Å². The lowest BCUT2D eigenvalue weighted by molar-refractivity contribution is 0.138. The van der Waals surface area contributed by atoms with Gasteiger partial charge in [-0.3, -0.25) is 4.90 Å². The first-order valence-corrected chi connectivity index (χ1v) is 14.0. The molecule has 2 unspecified atom stereocenters. The van der Waals surface area contributed by atoms with Crippen LogP contribution in [0.2, 0.25) is 0 Å². The first-order valence-electron chi connectivity index (χ1n) is 12.1. The van der Waals surface area contributed by atoms with Gasteiger partial charge in [0, 0.05) is 12.0 Å². The monoisotopic (exact) mass is 551 g/mol. The molecule has 0 aromatic heterocycles. The quantitative estimate of drug-likeness (QED) is 0.572. The molecular formula is C27H26FN5O5S. The minimum Gasteiger partial charge on any atom is -0.391 e. The van der Waals surface area contributed by atoms with Gasteiger partial charge in [-0.2, -0.15) is 10.5 Å². The van der Waals surface area contributed by atoms with E-state index in [4.69, 9.17) is 0 Å². The molecule has 39 heavy (non-hydrogen) atoms. The summed E-state index contributed by atoms with van der Waals surface area (Å²) < 4.78 is 39.0. The normalized spacial score (nSPS) is 21.5. The second-order valence-corrected chi connectivity index (χ2v) is 11.5. The van der Waals surface area contributed by atoms with Crippen LogP contribution >= 0.6 is 0 Å². The number of anilines is 1. The van der Waals surface area contributed by atoms with Gasteiger partial charge in [0.05, 0.1) is 46.0 Å². The van der Waals surface area contributed by atoms with Gasteiger partial charge in [-0.05, 0) is 61.6 Å². The van der Waals surface area contributed by atoms with E-state index in [1.165, 1.54) is 43.3 Å². The molecule has 2 aromatic carbocycles. The minimum absolute atomic E-state index is 0.0373. The fourth-order valence-electron chi connectivity index (χ4n) is 5.02. The number of carbonyl (C=O) groups is 2. The number of hydrogen-bond donors (Lipinski definition) is 2. The number of benzene rings is 2. The van der Waals surface area contributed by atoms with Crippen molar-refractivity contribution in [2.24, 2.45) is 0 Å². The van der Waals surface area contributed by atoms with Crippen molar-refractivity contribution >= 4 is 27.6 Å². The molecule has 10 nitrogen and oxygen atoms in total. The maximum Gasteiger partial charge on any atom is 0.337 e. The number of amides is 4. The molecule has 2 N–H and O–H groups in total.